The van der Waals surface area contributed by atoms with Crippen LogP contribution < -0.4 is 4.74 Å². The van der Waals surface area contributed by atoms with E-state index < -0.39 is 0 Å². The smallest absolute Gasteiger partial charge is 0.232 e. The van der Waals surface area contributed by atoms with Gasteiger partial charge in [-0.15, -0.1) is 0 Å². The zero-order valence-electron chi connectivity index (χ0n) is 12.2. The maximum atomic E-state index is 13.2. The molecule has 0 fully saturated rings. The number of halogens is 1. The molecule has 1 aromatic carbocycles. The fourth-order valence-electron chi connectivity index (χ4n) is 2.18. The molecule has 2 aromatic heterocycles. The first-order chi connectivity index (χ1) is 11.2. The lowest BCUT2D eigenvalue weighted by Crippen LogP contribution is -1.99. The molecule has 0 spiro atoms. The van der Waals surface area contributed by atoms with Crippen molar-refractivity contribution in [3.05, 3.63) is 60.2 Å². The maximum absolute atomic E-state index is 13.2. The van der Waals surface area contributed by atoms with Gasteiger partial charge in [0, 0.05) is 18.0 Å². The third kappa shape index (κ3) is 2.85. The first-order valence-electron chi connectivity index (χ1n) is 6.75. The average molecular weight is 306 g/mol. The molecule has 0 radical (unpaired) electrons. The Kier molecular flexibility index (Phi) is 3.93. The summed E-state index contributed by atoms with van der Waals surface area (Å²) in [6.07, 6.45) is 3.21. The summed E-state index contributed by atoms with van der Waals surface area (Å²) < 4.78 is 18.4. The average Bonchev–Trinajstić information content (AvgIpc) is 2.62. The molecule has 0 bridgehead atoms. The zero-order valence-corrected chi connectivity index (χ0v) is 12.2. The van der Waals surface area contributed by atoms with Gasteiger partial charge < -0.3 is 4.74 Å². The summed E-state index contributed by atoms with van der Waals surface area (Å²) in [4.78, 5) is 12.6. The van der Waals surface area contributed by atoms with Crippen molar-refractivity contribution in [1.29, 1.82) is 5.26 Å². The normalized spacial score (nSPS) is 10.1. The summed E-state index contributed by atoms with van der Waals surface area (Å²) in [7, 11) is 1.44. The van der Waals surface area contributed by atoms with Crippen LogP contribution in [0.4, 0.5) is 4.39 Å². The molecular weight excluding hydrogens is 295 g/mol. The number of benzene rings is 1. The molecule has 3 aromatic rings. The van der Waals surface area contributed by atoms with E-state index in [0.717, 1.165) is 0 Å². The van der Waals surface area contributed by atoms with E-state index in [1.54, 1.807) is 36.7 Å². The first kappa shape index (κ1) is 14.6. The van der Waals surface area contributed by atoms with Crippen LogP contribution in [0.2, 0.25) is 0 Å². The summed E-state index contributed by atoms with van der Waals surface area (Å²) >= 11 is 0. The van der Waals surface area contributed by atoms with Crippen LogP contribution in [0.5, 0.6) is 5.88 Å². The van der Waals surface area contributed by atoms with Gasteiger partial charge in [-0.2, -0.15) is 5.26 Å². The van der Waals surface area contributed by atoms with Gasteiger partial charge in [0.05, 0.1) is 7.11 Å². The van der Waals surface area contributed by atoms with E-state index in [1.807, 2.05) is 0 Å². The number of nitriles is 1. The third-order valence-electron chi connectivity index (χ3n) is 3.24. The van der Waals surface area contributed by atoms with Gasteiger partial charge in [0.2, 0.25) is 5.88 Å². The SMILES string of the molecule is COc1nc(-c2ncccn2)cc(-c2ccc(F)cc2)c1C#N. The largest absolute Gasteiger partial charge is 0.480 e. The number of rotatable bonds is 3. The van der Waals surface area contributed by atoms with Crippen molar-refractivity contribution < 1.29 is 9.13 Å². The predicted molar refractivity (Wildman–Crippen MR) is 81.9 cm³/mol. The number of pyridine rings is 1. The summed E-state index contributed by atoms with van der Waals surface area (Å²) in [5.74, 6) is 0.246. The molecule has 2 heterocycles. The van der Waals surface area contributed by atoms with Crippen molar-refractivity contribution in [2.45, 2.75) is 0 Å². The number of ether oxygens (including phenoxy) is 1. The minimum atomic E-state index is -0.347. The van der Waals surface area contributed by atoms with Crippen LogP contribution >= 0.6 is 0 Å². The van der Waals surface area contributed by atoms with Crippen LogP contribution in [0.25, 0.3) is 22.6 Å². The standard InChI is InChI=1S/C17H11FN4O/c1-23-17-14(10-19)13(11-3-5-12(18)6-4-11)9-15(22-17)16-20-7-2-8-21-16/h2-9H,1H3. The van der Waals surface area contributed by atoms with Gasteiger partial charge in [-0.05, 0) is 29.8 Å². The Bertz CT molecular complexity index is 874. The van der Waals surface area contributed by atoms with Crippen molar-refractivity contribution >= 4 is 0 Å². The molecule has 0 aliphatic rings. The Hall–Kier alpha value is -3.33. The minimum absolute atomic E-state index is 0.178. The molecule has 23 heavy (non-hydrogen) atoms. The Labute approximate surface area is 132 Å². The van der Waals surface area contributed by atoms with E-state index in [-0.39, 0.29) is 17.3 Å². The lowest BCUT2D eigenvalue weighted by atomic mass is 10.0. The van der Waals surface area contributed by atoms with Crippen LogP contribution in [0.15, 0.2) is 48.8 Å². The maximum Gasteiger partial charge on any atom is 0.232 e. The van der Waals surface area contributed by atoms with Crippen LogP contribution in [-0.4, -0.2) is 22.1 Å². The molecule has 0 saturated heterocycles. The van der Waals surface area contributed by atoms with Crippen LogP contribution in [0.3, 0.4) is 0 Å². The lowest BCUT2D eigenvalue weighted by molar-refractivity contribution is 0.397. The minimum Gasteiger partial charge on any atom is -0.480 e. The number of methoxy groups -OCH3 is 1. The summed E-state index contributed by atoms with van der Waals surface area (Å²) in [6.45, 7) is 0. The number of nitrogens with zero attached hydrogens (tertiary/aromatic N) is 4. The van der Waals surface area contributed by atoms with E-state index in [2.05, 4.69) is 21.0 Å². The molecule has 0 aliphatic heterocycles. The first-order valence-corrected chi connectivity index (χ1v) is 6.75. The van der Waals surface area contributed by atoms with Crippen molar-refractivity contribution in [3.8, 4) is 34.6 Å². The number of hydrogen-bond donors (Lipinski definition) is 0. The van der Waals surface area contributed by atoms with Crippen LogP contribution in [-0.2, 0) is 0 Å². The van der Waals surface area contributed by atoms with Gasteiger partial charge in [0.15, 0.2) is 5.82 Å². The molecule has 0 aliphatic carbocycles. The second-order valence-corrected chi connectivity index (χ2v) is 4.63. The molecule has 5 nitrogen and oxygen atoms in total. The van der Waals surface area contributed by atoms with Gasteiger partial charge in [0.1, 0.15) is 23.1 Å². The van der Waals surface area contributed by atoms with E-state index in [9.17, 15) is 9.65 Å². The van der Waals surface area contributed by atoms with Crippen molar-refractivity contribution in [2.75, 3.05) is 7.11 Å². The van der Waals surface area contributed by atoms with Crippen LogP contribution in [0.1, 0.15) is 5.56 Å². The van der Waals surface area contributed by atoms with E-state index in [0.29, 0.717) is 22.6 Å². The fraction of sp³-hybridized carbons (Fsp3) is 0.0588. The molecule has 0 N–H and O–H groups in total. The molecule has 0 atom stereocenters. The molecule has 3 rings (SSSR count). The Morgan fingerprint density at radius 3 is 2.43 bits per heavy atom. The topological polar surface area (TPSA) is 71.7 Å². The summed E-state index contributed by atoms with van der Waals surface area (Å²) in [6, 6.07) is 11.3. The second-order valence-electron chi connectivity index (χ2n) is 4.63. The molecule has 0 amide bonds. The highest BCUT2D eigenvalue weighted by molar-refractivity contribution is 5.76. The Morgan fingerprint density at radius 1 is 1.13 bits per heavy atom. The molecule has 6 heteroatoms. The van der Waals surface area contributed by atoms with Gasteiger partial charge in [0.25, 0.3) is 0 Å². The molecule has 0 unspecified atom stereocenters. The highest BCUT2D eigenvalue weighted by atomic mass is 19.1. The quantitative estimate of drug-likeness (QED) is 0.743. The molecule has 112 valence electrons. The van der Waals surface area contributed by atoms with Gasteiger partial charge >= 0.3 is 0 Å². The second kappa shape index (κ2) is 6.20. The predicted octanol–water partition coefficient (Wildman–Crippen LogP) is 3.22. The molecular formula is C17H11FN4O. The van der Waals surface area contributed by atoms with E-state index in [1.165, 1.54) is 19.2 Å². The fourth-order valence-corrected chi connectivity index (χ4v) is 2.18. The van der Waals surface area contributed by atoms with Gasteiger partial charge in [-0.3, -0.25) is 0 Å². The van der Waals surface area contributed by atoms with Crippen molar-refractivity contribution in [3.63, 3.8) is 0 Å². The monoisotopic (exact) mass is 306 g/mol. The third-order valence-corrected chi connectivity index (χ3v) is 3.24. The van der Waals surface area contributed by atoms with Gasteiger partial charge in [-0.25, -0.2) is 19.3 Å². The summed E-state index contributed by atoms with van der Waals surface area (Å²) in [5, 5.41) is 9.43. The highest BCUT2D eigenvalue weighted by Crippen LogP contribution is 2.32. The number of hydrogen-bond acceptors (Lipinski definition) is 5. The Balaban J connectivity index is 2.25. The van der Waals surface area contributed by atoms with Crippen molar-refractivity contribution in [1.82, 2.24) is 15.0 Å². The lowest BCUT2D eigenvalue weighted by Gasteiger charge is -2.10. The number of aromatic nitrogens is 3. The highest BCUT2D eigenvalue weighted by Gasteiger charge is 2.16. The summed E-state index contributed by atoms with van der Waals surface area (Å²) in [5.41, 5.74) is 2.02. The zero-order chi connectivity index (χ0) is 16.2. The molecule has 0 saturated carbocycles. The van der Waals surface area contributed by atoms with Crippen molar-refractivity contribution in [2.24, 2.45) is 0 Å². The Morgan fingerprint density at radius 2 is 1.83 bits per heavy atom. The van der Waals surface area contributed by atoms with E-state index in [4.69, 9.17) is 4.74 Å². The van der Waals surface area contributed by atoms with Gasteiger partial charge in [-0.1, -0.05) is 12.1 Å². The van der Waals surface area contributed by atoms with Crippen LogP contribution in [0, 0.1) is 17.1 Å². The van der Waals surface area contributed by atoms with E-state index >= 15 is 0 Å².